The van der Waals surface area contributed by atoms with E-state index >= 15 is 0 Å². The van der Waals surface area contributed by atoms with E-state index in [1.807, 2.05) is 66.7 Å². The number of nitrogens with zero attached hydrogens (tertiary/aromatic N) is 3. The highest BCUT2D eigenvalue weighted by Crippen LogP contribution is 2.38. The van der Waals surface area contributed by atoms with Gasteiger partial charge < -0.3 is 10.4 Å². The zero-order valence-corrected chi connectivity index (χ0v) is 22.1. The Labute approximate surface area is 232 Å². The lowest BCUT2D eigenvalue weighted by atomic mass is 9.99. The van der Waals surface area contributed by atoms with Gasteiger partial charge in [-0.3, -0.25) is 24.8 Å². The number of likely N-dealkylation sites (tertiary alicyclic amines) is 1. The summed E-state index contributed by atoms with van der Waals surface area (Å²) >= 11 is 0. The molecule has 40 heavy (non-hydrogen) atoms. The molecule has 206 valence electrons. The third-order valence-corrected chi connectivity index (χ3v) is 7.63. The van der Waals surface area contributed by atoms with Crippen molar-refractivity contribution in [3.63, 3.8) is 0 Å². The first-order valence-corrected chi connectivity index (χ1v) is 13.6. The molecule has 0 spiro atoms. The van der Waals surface area contributed by atoms with Crippen LogP contribution in [0.2, 0.25) is 0 Å². The molecule has 2 aliphatic rings. The number of nitro groups is 1. The summed E-state index contributed by atoms with van der Waals surface area (Å²) in [6.07, 6.45) is 2.12. The van der Waals surface area contributed by atoms with E-state index in [2.05, 4.69) is 27.3 Å². The molecule has 4 atom stereocenters. The van der Waals surface area contributed by atoms with E-state index in [1.165, 1.54) is 0 Å². The molecule has 9 heteroatoms. The summed E-state index contributed by atoms with van der Waals surface area (Å²) in [5, 5.41) is 24.2. The Balaban J connectivity index is 1.42. The number of aliphatic imine (C=N–C) groups is 1. The molecule has 1 saturated carbocycles. The predicted octanol–water partition coefficient (Wildman–Crippen LogP) is 4.64. The molecule has 3 aromatic carbocycles. The van der Waals surface area contributed by atoms with E-state index in [9.17, 15) is 24.8 Å². The van der Waals surface area contributed by atoms with Gasteiger partial charge in [0.05, 0.1) is 17.4 Å². The molecule has 0 radical (unpaired) electrons. The molecular weight excluding hydrogens is 508 g/mol. The van der Waals surface area contributed by atoms with Crippen LogP contribution in [-0.4, -0.2) is 57.2 Å². The lowest BCUT2D eigenvalue weighted by Gasteiger charge is -2.24. The number of para-hydroxylation sites is 1. The van der Waals surface area contributed by atoms with Crippen molar-refractivity contribution >= 4 is 23.3 Å². The van der Waals surface area contributed by atoms with E-state index in [1.54, 1.807) is 6.07 Å². The van der Waals surface area contributed by atoms with Gasteiger partial charge in [0.25, 0.3) is 0 Å². The molecule has 1 saturated heterocycles. The number of rotatable bonds is 11. The number of carboxylic acids is 1. The molecule has 1 aliphatic carbocycles. The van der Waals surface area contributed by atoms with Gasteiger partial charge in [-0.1, -0.05) is 78.9 Å². The molecule has 0 unspecified atom stereocenters. The van der Waals surface area contributed by atoms with Gasteiger partial charge in [0.1, 0.15) is 6.04 Å². The van der Waals surface area contributed by atoms with Gasteiger partial charge in [-0.25, -0.2) is 4.79 Å². The fourth-order valence-electron chi connectivity index (χ4n) is 5.43. The molecule has 0 aromatic heterocycles. The normalized spacial score (nSPS) is 21.5. The Bertz CT molecular complexity index is 1400. The van der Waals surface area contributed by atoms with Crippen LogP contribution in [0.15, 0.2) is 89.9 Å². The summed E-state index contributed by atoms with van der Waals surface area (Å²) in [5.74, 6) is -1.56. The van der Waals surface area contributed by atoms with Crippen molar-refractivity contribution in [2.75, 3.05) is 11.9 Å². The zero-order chi connectivity index (χ0) is 28.1. The summed E-state index contributed by atoms with van der Waals surface area (Å²) in [6.45, 7) is 1.52. The lowest BCUT2D eigenvalue weighted by Crippen LogP contribution is -2.39. The van der Waals surface area contributed by atoms with Crippen LogP contribution in [0.3, 0.4) is 0 Å². The van der Waals surface area contributed by atoms with Crippen molar-refractivity contribution in [2.45, 2.75) is 50.4 Å². The second-order valence-electron chi connectivity index (χ2n) is 10.4. The monoisotopic (exact) mass is 540 g/mol. The second-order valence-corrected chi connectivity index (χ2v) is 10.4. The quantitative estimate of drug-likeness (QED) is 0.207. The highest BCUT2D eigenvalue weighted by atomic mass is 16.6. The molecule has 1 aliphatic heterocycles. The molecule has 2 N–H and O–H groups in total. The summed E-state index contributed by atoms with van der Waals surface area (Å²) in [7, 11) is 0. The fourth-order valence-corrected chi connectivity index (χ4v) is 5.43. The summed E-state index contributed by atoms with van der Waals surface area (Å²) in [4.78, 5) is 43.4. The lowest BCUT2D eigenvalue weighted by molar-refractivity contribution is -0.498. The van der Waals surface area contributed by atoms with Crippen molar-refractivity contribution < 1.29 is 19.6 Å². The van der Waals surface area contributed by atoms with Gasteiger partial charge in [-0.15, -0.1) is 0 Å². The molecule has 2 fully saturated rings. The van der Waals surface area contributed by atoms with Crippen LogP contribution in [0.1, 0.15) is 42.4 Å². The minimum atomic E-state index is -1.15. The highest BCUT2D eigenvalue weighted by Gasteiger charge is 2.49. The maximum atomic E-state index is 13.6. The number of hydrogen-bond acceptors (Lipinski definition) is 6. The Kier molecular flexibility index (Phi) is 8.31. The minimum absolute atomic E-state index is 0.0857. The smallest absolute Gasteiger partial charge is 0.328 e. The summed E-state index contributed by atoms with van der Waals surface area (Å²) in [5.41, 5.74) is 3.41. The van der Waals surface area contributed by atoms with Gasteiger partial charge in [0.2, 0.25) is 11.9 Å². The number of benzene rings is 3. The maximum absolute atomic E-state index is 13.6. The van der Waals surface area contributed by atoms with E-state index in [-0.39, 0.29) is 29.2 Å². The summed E-state index contributed by atoms with van der Waals surface area (Å²) < 4.78 is 0. The van der Waals surface area contributed by atoms with Crippen LogP contribution in [0, 0.1) is 16.0 Å². The third-order valence-electron chi connectivity index (χ3n) is 7.63. The van der Waals surface area contributed by atoms with Crippen LogP contribution < -0.4 is 5.32 Å². The standard InChI is InChI=1S/C31H32N4O5/c36-30(27-16-9-17-34(27)20-21-10-3-1-4-11-21)33-25-15-8-7-14-24(25)29(22-12-5-2-6-13-22)32-26(31(37)38)18-23-19-28(23)35(39)40/h1-8,10-15,23,26-28H,9,16-20H2,(H,33,36)(H,37,38)/t23-,26-,27+,28-/m0/s1. The predicted molar refractivity (Wildman–Crippen MR) is 152 cm³/mol. The Morgan fingerprint density at radius 1 is 1.02 bits per heavy atom. The van der Waals surface area contributed by atoms with Crippen molar-refractivity contribution in [3.8, 4) is 0 Å². The Morgan fingerprint density at radius 2 is 1.70 bits per heavy atom. The van der Waals surface area contributed by atoms with Gasteiger partial charge in [-0.05, 0) is 37.4 Å². The molecule has 0 bridgehead atoms. The van der Waals surface area contributed by atoms with Crippen LogP contribution in [-0.2, 0) is 16.1 Å². The van der Waals surface area contributed by atoms with Crippen molar-refractivity contribution in [1.82, 2.24) is 4.90 Å². The number of hydrogen-bond donors (Lipinski definition) is 2. The number of carboxylic acid groups (broad SMARTS) is 1. The molecule has 9 nitrogen and oxygen atoms in total. The van der Waals surface area contributed by atoms with Gasteiger partial charge in [-0.2, -0.15) is 0 Å². The first-order chi connectivity index (χ1) is 19.4. The number of carbonyl (C=O) groups excluding carboxylic acids is 1. The first kappa shape index (κ1) is 27.2. The van der Waals surface area contributed by atoms with E-state index < -0.39 is 18.1 Å². The van der Waals surface area contributed by atoms with E-state index in [0.29, 0.717) is 35.5 Å². The number of aliphatic carboxylic acids is 1. The van der Waals surface area contributed by atoms with Crippen molar-refractivity contribution in [1.29, 1.82) is 0 Å². The van der Waals surface area contributed by atoms with Gasteiger partial charge in [0.15, 0.2) is 0 Å². The molecular formula is C31H32N4O5. The van der Waals surface area contributed by atoms with Gasteiger partial charge in [0, 0.05) is 34.9 Å². The Hall–Kier alpha value is -4.37. The van der Waals surface area contributed by atoms with Gasteiger partial charge >= 0.3 is 5.97 Å². The topological polar surface area (TPSA) is 125 Å². The number of anilines is 1. The molecule has 1 amide bonds. The number of carbonyl (C=O) groups is 2. The summed E-state index contributed by atoms with van der Waals surface area (Å²) in [6, 6.07) is 24.4. The highest BCUT2D eigenvalue weighted by molar-refractivity contribution is 6.17. The maximum Gasteiger partial charge on any atom is 0.328 e. The fraction of sp³-hybridized carbons (Fsp3) is 0.323. The molecule has 5 rings (SSSR count). The average Bonchev–Trinajstić information content (AvgIpc) is 3.59. The Morgan fingerprint density at radius 3 is 2.38 bits per heavy atom. The third kappa shape index (κ3) is 6.43. The SMILES string of the molecule is O=C(O)[C@H](C[C@H]1C[C@@H]1[N+](=O)[O-])N=C(c1ccccc1)c1ccccc1NC(=O)[C@H]1CCCN1Cc1ccccc1. The zero-order valence-electron chi connectivity index (χ0n) is 22.1. The molecule has 3 aromatic rings. The van der Waals surface area contributed by atoms with Crippen molar-refractivity contribution in [2.24, 2.45) is 10.9 Å². The second kappa shape index (κ2) is 12.2. The van der Waals surface area contributed by atoms with Crippen LogP contribution in [0.5, 0.6) is 0 Å². The van der Waals surface area contributed by atoms with E-state index in [0.717, 1.165) is 24.9 Å². The van der Waals surface area contributed by atoms with Crippen molar-refractivity contribution in [3.05, 3.63) is 112 Å². The van der Waals surface area contributed by atoms with Crippen LogP contribution in [0.25, 0.3) is 0 Å². The average molecular weight is 541 g/mol. The van der Waals surface area contributed by atoms with Crippen LogP contribution >= 0.6 is 0 Å². The van der Waals surface area contributed by atoms with E-state index in [4.69, 9.17) is 0 Å². The number of nitrogens with one attached hydrogen (secondary N) is 1. The largest absolute Gasteiger partial charge is 0.480 e. The van der Waals surface area contributed by atoms with Crippen LogP contribution in [0.4, 0.5) is 5.69 Å². The molecule has 1 heterocycles. The first-order valence-electron chi connectivity index (χ1n) is 13.6. The number of amides is 1. The minimum Gasteiger partial charge on any atom is -0.480 e.